The van der Waals surface area contributed by atoms with Crippen molar-refractivity contribution in [2.75, 3.05) is 16.4 Å². The van der Waals surface area contributed by atoms with Gasteiger partial charge in [0, 0.05) is 34.4 Å². The minimum absolute atomic E-state index is 0.0382. The Hall–Kier alpha value is -2.65. The van der Waals surface area contributed by atoms with Gasteiger partial charge < -0.3 is 15.1 Å². The molecule has 1 aliphatic rings. The lowest BCUT2D eigenvalue weighted by atomic mass is 10.2. The molecule has 1 aromatic carbocycles. The third-order valence-corrected chi connectivity index (χ3v) is 5.45. The number of nitrogens with zero attached hydrogens (tertiary/aromatic N) is 2. The van der Waals surface area contributed by atoms with E-state index in [1.807, 2.05) is 29.0 Å². The fourth-order valence-corrected chi connectivity index (χ4v) is 3.88. The van der Waals surface area contributed by atoms with Gasteiger partial charge in [0.25, 0.3) is 0 Å². The molecule has 2 aromatic heterocycles. The molecule has 4 rings (SSSR count). The number of amides is 2. The lowest BCUT2D eigenvalue weighted by molar-refractivity contribution is -0.116. The summed E-state index contributed by atoms with van der Waals surface area (Å²) in [5, 5.41) is 17.5. The van der Waals surface area contributed by atoms with Crippen molar-refractivity contribution >= 4 is 46.3 Å². The number of hydrogen-bond donors (Lipinski definition) is 2. The summed E-state index contributed by atoms with van der Waals surface area (Å²) in [4.78, 5) is 24.6. The van der Waals surface area contributed by atoms with Gasteiger partial charge in [0.1, 0.15) is 0 Å². The molecule has 0 saturated carbocycles. The van der Waals surface area contributed by atoms with Crippen LogP contribution in [-0.4, -0.2) is 27.8 Å². The first kappa shape index (κ1) is 16.8. The van der Waals surface area contributed by atoms with Crippen molar-refractivity contribution in [2.24, 2.45) is 0 Å². The Morgan fingerprint density at radius 3 is 3.08 bits per heavy atom. The SMILES string of the molecule is O=C(CCc1nnc(-c2ccsc2)o1)Nc1ccc2c(c1)NC(=O)CS2. The van der Waals surface area contributed by atoms with Crippen molar-refractivity contribution in [2.45, 2.75) is 17.7 Å². The first-order chi connectivity index (χ1) is 12.7. The Morgan fingerprint density at radius 1 is 1.31 bits per heavy atom. The van der Waals surface area contributed by atoms with Gasteiger partial charge in [0.2, 0.25) is 23.6 Å². The number of carbonyl (C=O) groups excluding carboxylic acids is 2. The number of aryl methyl sites for hydroxylation is 1. The maximum atomic E-state index is 12.2. The maximum Gasteiger partial charge on any atom is 0.248 e. The second-order valence-corrected chi connectivity index (χ2v) is 7.41. The Morgan fingerprint density at radius 2 is 2.23 bits per heavy atom. The van der Waals surface area contributed by atoms with Crippen LogP contribution in [0.4, 0.5) is 11.4 Å². The zero-order valence-corrected chi connectivity index (χ0v) is 15.2. The van der Waals surface area contributed by atoms with Crippen molar-refractivity contribution in [1.82, 2.24) is 10.2 Å². The molecule has 132 valence electrons. The second kappa shape index (κ2) is 7.30. The molecule has 2 N–H and O–H groups in total. The summed E-state index contributed by atoms with van der Waals surface area (Å²) in [6, 6.07) is 7.38. The summed E-state index contributed by atoms with van der Waals surface area (Å²) in [6.45, 7) is 0. The van der Waals surface area contributed by atoms with Crippen LogP contribution in [0, 0.1) is 0 Å². The van der Waals surface area contributed by atoms with Gasteiger partial charge in [0.15, 0.2) is 0 Å². The van der Waals surface area contributed by atoms with E-state index in [1.54, 1.807) is 17.4 Å². The molecule has 0 unspecified atom stereocenters. The summed E-state index contributed by atoms with van der Waals surface area (Å²) in [7, 11) is 0. The van der Waals surface area contributed by atoms with Gasteiger partial charge in [-0.25, -0.2) is 0 Å². The van der Waals surface area contributed by atoms with Crippen molar-refractivity contribution < 1.29 is 14.0 Å². The molecule has 7 nitrogen and oxygen atoms in total. The van der Waals surface area contributed by atoms with Gasteiger partial charge in [0.05, 0.1) is 11.4 Å². The van der Waals surface area contributed by atoms with Crippen molar-refractivity contribution in [3.63, 3.8) is 0 Å². The number of carbonyl (C=O) groups is 2. The molecule has 3 aromatic rings. The molecule has 26 heavy (non-hydrogen) atoms. The highest BCUT2D eigenvalue weighted by atomic mass is 32.2. The summed E-state index contributed by atoms with van der Waals surface area (Å²) < 4.78 is 5.57. The molecular formula is C17H14N4O3S2. The van der Waals surface area contributed by atoms with Crippen LogP contribution in [-0.2, 0) is 16.0 Å². The van der Waals surface area contributed by atoms with Gasteiger partial charge >= 0.3 is 0 Å². The quantitative estimate of drug-likeness (QED) is 0.697. The standard InChI is InChI=1S/C17H14N4O3S2/c22-14(3-4-16-20-21-17(24-16)10-5-6-25-8-10)18-11-1-2-13-12(7-11)19-15(23)9-26-13/h1-2,5-8H,3-4,9H2,(H,18,22)(H,19,23). The number of rotatable bonds is 5. The highest BCUT2D eigenvalue weighted by Crippen LogP contribution is 2.33. The first-order valence-electron chi connectivity index (χ1n) is 7.89. The molecule has 3 heterocycles. The van der Waals surface area contributed by atoms with E-state index in [2.05, 4.69) is 20.8 Å². The van der Waals surface area contributed by atoms with Crippen LogP contribution >= 0.6 is 23.1 Å². The van der Waals surface area contributed by atoms with E-state index in [4.69, 9.17) is 4.42 Å². The molecule has 0 atom stereocenters. The fourth-order valence-electron chi connectivity index (χ4n) is 2.46. The predicted octanol–water partition coefficient (Wildman–Crippen LogP) is 3.41. The number of thioether (sulfide) groups is 1. The number of anilines is 2. The molecule has 0 fully saturated rings. The van der Waals surface area contributed by atoms with E-state index in [9.17, 15) is 9.59 Å². The smallest absolute Gasteiger partial charge is 0.248 e. The molecule has 0 bridgehead atoms. The highest BCUT2D eigenvalue weighted by Gasteiger charge is 2.16. The van der Waals surface area contributed by atoms with Crippen LogP contribution in [0.5, 0.6) is 0 Å². The first-order valence-corrected chi connectivity index (χ1v) is 9.82. The highest BCUT2D eigenvalue weighted by molar-refractivity contribution is 8.00. The largest absolute Gasteiger partial charge is 0.421 e. The van der Waals surface area contributed by atoms with Crippen molar-refractivity contribution in [1.29, 1.82) is 0 Å². The van der Waals surface area contributed by atoms with E-state index < -0.39 is 0 Å². The number of benzene rings is 1. The summed E-state index contributed by atoms with van der Waals surface area (Å²) in [6.07, 6.45) is 0.587. The topological polar surface area (TPSA) is 97.1 Å². The summed E-state index contributed by atoms with van der Waals surface area (Å²) >= 11 is 3.03. The second-order valence-electron chi connectivity index (χ2n) is 5.61. The lowest BCUT2D eigenvalue weighted by Crippen LogP contribution is -2.19. The number of hydrogen-bond acceptors (Lipinski definition) is 7. The van der Waals surface area contributed by atoms with Crippen molar-refractivity contribution in [3.8, 4) is 11.5 Å². The molecule has 0 spiro atoms. The zero-order chi connectivity index (χ0) is 17.9. The molecule has 0 aliphatic carbocycles. The van der Waals surface area contributed by atoms with E-state index in [0.717, 1.165) is 16.1 Å². The van der Waals surface area contributed by atoms with Gasteiger partial charge in [-0.05, 0) is 29.6 Å². The van der Waals surface area contributed by atoms with Gasteiger partial charge in [-0.1, -0.05) is 0 Å². The van der Waals surface area contributed by atoms with Crippen LogP contribution in [0.3, 0.4) is 0 Å². The average Bonchev–Trinajstić information content (AvgIpc) is 3.31. The number of nitrogens with one attached hydrogen (secondary N) is 2. The molecule has 9 heteroatoms. The van der Waals surface area contributed by atoms with E-state index in [1.165, 1.54) is 11.8 Å². The number of aromatic nitrogens is 2. The van der Waals surface area contributed by atoms with Crippen molar-refractivity contribution in [3.05, 3.63) is 40.9 Å². The number of thiophene rings is 1. The Bertz CT molecular complexity index is 953. The molecule has 1 aliphatic heterocycles. The zero-order valence-electron chi connectivity index (χ0n) is 13.5. The molecule has 2 amide bonds. The maximum absolute atomic E-state index is 12.2. The minimum Gasteiger partial charge on any atom is -0.421 e. The third-order valence-electron chi connectivity index (χ3n) is 3.70. The summed E-state index contributed by atoms with van der Waals surface area (Å²) in [5.74, 6) is 1.11. The van der Waals surface area contributed by atoms with Crippen LogP contribution in [0.15, 0.2) is 44.3 Å². The Kier molecular flexibility index (Phi) is 4.72. The van der Waals surface area contributed by atoms with E-state index >= 15 is 0 Å². The normalized spacial score (nSPS) is 13.2. The monoisotopic (exact) mass is 386 g/mol. The molecule has 0 saturated heterocycles. The average molecular weight is 386 g/mol. The van der Waals surface area contributed by atoms with Crippen LogP contribution in [0.2, 0.25) is 0 Å². The van der Waals surface area contributed by atoms with Gasteiger partial charge in [-0.2, -0.15) is 11.3 Å². The third kappa shape index (κ3) is 3.78. The Labute approximate surface area is 157 Å². The van der Waals surface area contributed by atoms with Crippen LogP contribution in [0.25, 0.3) is 11.5 Å². The van der Waals surface area contributed by atoms with Crippen LogP contribution < -0.4 is 10.6 Å². The van der Waals surface area contributed by atoms with E-state index in [0.29, 0.717) is 29.6 Å². The molecule has 0 radical (unpaired) electrons. The van der Waals surface area contributed by atoms with Gasteiger partial charge in [-0.15, -0.1) is 22.0 Å². The minimum atomic E-state index is -0.157. The lowest BCUT2D eigenvalue weighted by Gasteiger charge is -2.17. The predicted molar refractivity (Wildman–Crippen MR) is 100 cm³/mol. The summed E-state index contributed by atoms with van der Waals surface area (Å²) in [5.41, 5.74) is 2.24. The fraction of sp³-hybridized carbons (Fsp3) is 0.176. The Balaban J connectivity index is 1.34. The van der Waals surface area contributed by atoms with E-state index in [-0.39, 0.29) is 18.2 Å². The van der Waals surface area contributed by atoms with Crippen LogP contribution in [0.1, 0.15) is 12.3 Å². The van der Waals surface area contributed by atoms with Gasteiger partial charge in [-0.3, -0.25) is 9.59 Å². The number of fused-ring (bicyclic) bond motifs is 1. The molecular weight excluding hydrogens is 372 g/mol.